The molecule has 0 radical (unpaired) electrons. The summed E-state index contributed by atoms with van der Waals surface area (Å²) >= 11 is 0. The van der Waals surface area contributed by atoms with Gasteiger partial charge in [0.2, 0.25) is 0 Å². The normalized spacial score (nSPS) is 10.8. The van der Waals surface area contributed by atoms with Gasteiger partial charge in [0.05, 0.1) is 5.69 Å². The van der Waals surface area contributed by atoms with Gasteiger partial charge in [-0.2, -0.15) is 0 Å². The van der Waals surface area contributed by atoms with Crippen molar-refractivity contribution < 1.29 is 0 Å². The van der Waals surface area contributed by atoms with Gasteiger partial charge < -0.3 is 10.3 Å². The van der Waals surface area contributed by atoms with Crippen molar-refractivity contribution in [3.63, 3.8) is 0 Å². The first-order chi connectivity index (χ1) is 6.70. The van der Waals surface area contributed by atoms with Crippen LogP contribution in [0, 0.1) is 0 Å². The van der Waals surface area contributed by atoms with E-state index in [1.54, 1.807) is 0 Å². The molecule has 0 atom stereocenters. The van der Waals surface area contributed by atoms with Gasteiger partial charge in [-0.15, -0.1) is 0 Å². The van der Waals surface area contributed by atoms with E-state index in [0.29, 0.717) is 0 Å². The molecule has 0 unspecified atom stereocenters. The van der Waals surface area contributed by atoms with E-state index in [9.17, 15) is 0 Å². The molecule has 80 valence electrons. The van der Waals surface area contributed by atoms with Crippen molar-refractivity contribution in [3.8, 4) is 0 Å². The number of nitrogen functional groups attached to an aromatic ring is 1. The number of hydrogen-bond acceptors (Lipinski definition) is 2. The summed E-state index contributed by atoms with van der Waals surface area (Å²) in [5, 5.41) is 0. The van der Waals surface area contributed by atoms with Gasteiger partial charge >= 0.3 is 0 Å². The molecule has 3 nitrogen and oxygen atoms in total. The van der Waals surface area contributed by atoms with Crippen molar-refractivity contribution in [2.45, 2.75) is 46.0 Å². The monoisotopic (exact) mass is 195 g/mol. The number of imidazole rings is 1. The molecular weight excluding hydrogens is 174 g/mol. The van der Waals surface area contributed by atoms with E-state index in [1.165, 1.54) is 12.8 Å². The third-order valence-corrected chi connectivity index (χ3v) is 2.55. The van der Waals surface area contributed by atoms with Crippen molar-refractivity contribution in [2.75, 3.05) is 5.73 Å². The number of unbranched alkanes of at least 4 members (excludes halogenated alkanes) is 1. The van der Waals surface area contributed by atoms with Gasteiger partial charge in [-0.1, -0.05) is 20.3 Å². The molecule has 1 aromatic heterocycles. The Morgan fingerprint density at radius 2 is 1.93 bits per heavy atom. The van der Waals surface area contributed by atoms with Crippen molar-refractivity contribution in [3.05, 3.63) is 11.5 Å². The molecular formula is C11H21N3. The number of aromatic nitrogens is 2. The molecule has 0 amide bonds. The highest BCUT2D eigenvalue weighted by molar-refractivity contribution is 5.38. The van der Waals surface area contributed by atoms with E-state index < -0.39 is 0 Å². The van der Waals surface area contributed by atoms with E-state index >= 15 is 0 Å². The number of rotatable bonds is 5. The second-order valence-corrected chi connectivity index (χ2v) is 3.77. The highest BCUT2D eigenvalue weighted by Crippen LogP contribution is 2.16. The zero-order valence-electron chi connectivity index (χ0n) is 9.51. The summed E-state index contributed by atoms with van der Waals surface area (Å²) in [5.74, 6) is 1.97. The van der Waals surface area contributed by atoms with Gasteiger partial charge in [-0.05, 0) is 19.3 Å². The maximum atomic E-state index is 5.97. The lowest BCUT2D eigenvalue weighted by Gasteiger charge is -2.00. The fourth-order valence-electron chi connectivity index (χ4n) is 1.60. The molecule has 3 heteroatoms. The zero-order valence-corrected chi connectivity index (χ0v) is 9.51. The molecule has 2 N–H and O–H groups in total. The molecule has 0 aliphatic rings. The lowest BCUT2D eigenvalue weighted by Crippen LogP contribution is -2.01. The van der Waals surface area contributed by atoms with Gasteiger partial charge in [0, 0.05) is 13.5 Å². The van der Waals surface area contributed by atoms with Gasteiger partial charge in [0.15, 0.2) is 0 Å². The molecule has 0 fully saturated rings. The lowest BCUT2D eigenvalue weighted by molar-refractivity contribution is 0.757. The quantitative estimate of drug-likeness (QED) is 0.783. The van der Waals surface area contributed by atoms with Gasteiger partial charge in [0.1, 0.15) is 11.6 Å². The molecule has 0 saturated heterocycles. The van der Waals surface area contributed by atoms with Crippen LogP contribution in [-0.2, 0) is 19.9 Å². The van der Waals surface area contributed by atoms with Crippen LogP contribution in [0.5, 0.6) is 0 Å². The Morgan fingerprint density at radius 3 is 2.50 bits per heavy atom. The molecule has 0 saturated carbocycles. The number of hydrogen-bond donors (Lipinski definition) is 1. The summed E-state index contributed by atoms with van der Waals surface area (Å²) in [7, 11) is 2.00. The van der Waals surface area contributed by atoms with Crippen LogP contribution in [0.2, 0.25) is 0 Å². The summed E-state index contributed by atoms with van der Waals surface area (Å²) in [4.78, 5) is 4.57. The maximum absolute atomic E-state index is 5.97. The molecule has 0 bridgehead atoms. The molecule has 0 aromatic carbocycles. The Kier molecular flexibility index (Phi) is 3.98. The van der Waals surface area contributed by atoms with E-state index in [-0.39, 0.29) is 0 Å². The minimum atomic E-state index is 0.849. The average molecular weight is 195 g/mol. The standard InChI is InChI=1S/C11H21N3/c1-4-6-8-9-11(12)14(3)10(13-9)7-5-2/h4-8,12H2,1-3H3. The molecule has 1 aromatic rings. The summed E-state index contributed by atoms with van der Waals surface area (Å²) in [6.07, 6.45) is 5.52. The lowest BCUT2D eigenvalue weighted by atomic mass is 10.2. The van der Waals surface area contributed by atoms with Crippen LogP contribution in [0.25, 0.3) is 0 Å². The first kappa shape index (κ1) is 11.1. The second-order valence-electron chi connectivity index (χ2n) is 3.77. The van der Waals surface area contributed by atoms with Crippen LogP contribution in [0.15, 0.2) is 0 Å². The molecule has 0 aliphatic carbocycles. The number of nitrogens with two attached hydrogens (primary N) is 1. The fourth-order valence-corrected chi connectivity index (χ4v) is 1.60. The predicted molar refractivity (Wildman–Crippen MR) is 60.2 cm³/mol. The molecule has 14 heavy (non-hydrogen) atoms. The minimum absolute atomic E-state index is 0.849. The number of anilines is 1. The Bertz CT molecular complexity index is 289. The molecule has 0 aliphatic heterocycles. The first-order valence-corrected chi connectivity index (χ1v) is 5.50. The fraction of sp³-hybridized carbons (Fsp3) is 0.727. The van der Waals surface area contributed by atoms with Crippen LogP contribution in [-0.4, -0.2) is 9.55 Å². The second kappa shape index (κ2) is 5.03. The molecule has 1 heterocycles. The van der Waals surface area contributed by atoms with E-state index in [0.717, 1.165) is 36.6 Å². The highest BCUT2D eigenvalue weighted by Gasteiger charge is 2.10. The molecule has 0 spiro atoms. The van der Waals surface area contributed by atoms with E-state index in [1.807, 2.05) is 11.6 Å². The first-order valence-electron chi connectivity index (χ1n) is 5.50. The minimum Gasteiger partial charge on any atom is -0.384 e. The van der Waals surface area contributed by atoms with Gasteiger partial charge in [-0.25, -0.2) is 4.98 Å². The Hall–Kier alpha value is -0.990. The zero-order chi connectivity index (χ0) is 10.6. The Labute approximate surface area is 86.3 Å². The summed E-state index contributed by atoms with van der Waals surface area (Å²) in [5.41, 5.74) is 7.06. The van der Waals surface area contributed by atoms with Crippen LogP contribution in [0.4, 0.5) is 5.82 Å². The van der Waals surface area contributed by atoms with Crippen LogP contribution in [0.1, 0.15) is 44.6 Å². The summed E-state index contributed by atoms with van der Waals surface area (Å²) < 4.78 is 2.02. The van der Waals surface area contributed by atoms with Crippen molar-refractivity contribution >= 4 is 5.82 Å². The van der Waals surface area contributed by atoms with E-state index in [4.69, 9.17) is 5.73 Å². The van der Waals surface area contributed by atoms with Gasteiger partial charge in [-0.3, -0.25) is 0 Å². The third-order valence-electron chi connectivity index (χ3n) is 2.55. The van der Waals surface area contributed by atoms with Crippen molar-refractivity contribution in [1.29, 1.82) is 0 Å². The smallest absolute Gasteiger partial charge is 0.126 e. The van der Waals surface area contributed by atoms with Gasteiger partial charge in [0.25, 0.3) is 0 Å². The van der Waals surface area contributed by atoms with Crippen LogP contribution in [0.3, 0.4) is 0 Å². The van der Waals surface area contributed by atoms with Crippen molar-refractivity contribution in [1.82, 2.24) is 9.55 Å². The van der Waals surface area contributed by atoms with E-state index in [2.05, 4.69) is 18.8 Å². The van der Waals surface area contributed by atoms with Crippen LogP contribution < -0.4 is 5.73 Å². The summed E-state index contributed by atoms with van der Waals surface area (Å²) in [6, 6.07) is 0. The third kappa shape index (κ3) is 2.28. The topological polar surface area (TPSA) is 43.8 Å². The SMILES string of the molecule is CCCCc1nc(CCC)n(C)c1N. The predicted octanol–water partition coefficient (Wildman–Crippen LogP) is 2.30. The maximum Gasteiger partial charge on any atom is 0.126 e. The summed E-state index contributed by atoms with van der Waals surface area (Å²) in [6.45, 7) is 4.35. The molecule has 1 rings (SSSR count). The highest BCUT2D eigenvalue weighted by atomic mass is 15.1. The Balaban J connectivity index is 2.79. The number of aryl methyl sites for hydroxylation is 2. The average Bonchev–Trinajstić information content (AvgIpc) is 2.44. The number of nitrogens with zero attached hydrogens (tertiary/aromatic N) is 2. The Morgan fingerprint density at radius 1 is 1.21 bits per heavy atom. The van der Waals surface area contributed by atoms with Crippen molar-refractivity contribution in [2.24, 2.45) is 7.05 Å². The largest absolute Gasteiger partial charge is 0.384 e. The van der Waals surface area contributed by atoms with Crippen LogP contribution >= 0.6 is 0 Å².